The lowest BCUT2D eigenvalue weighted by Gasteiger charge is -2.39. The third-order valence-corrected chi connectivity index (χ3v) is 4.30. The molecule has 6 heteroatoms. The molecule has 1 saturated heterocycles. The summed E-state index contributed by atoms with van der Waals surface area (Å²) >= 11 is 0. The minimum absolute atomic E-state index is 0.151. The molecule has 0 spiro atoms. The summed E-state index contributed by atoms with van der Waals surface area (Å²) in [6, 6.07) is -0.840. The van der Waals surface area contributed by atoms with Crippen LogP contribution in [-0.2, 0) is 9.53 Å². The Morgan fingerprint density at radius 1 is 1.43 bits per heavy atom. The molecular formula is C15H24N2O4. The first-order chi connectivity index (χ1) is 10.0. The van der Waals surface area contributed by atoms with Crippen LogP contribution in [0.5, 0.6) is 0 Å². The lowest BCUT2D eigenvalue weighted by Crippen LogP contribution is -2.55. The predicted octanol–water partition coefficient (Wildman–Crippen LogP) is 1.57. The Bertz CT molecular complexity index is 435. The number of piperidine rings is 1. The maximum Gasteiger partial charge on any atom is 0.326 e. The van der Waals surface area contributed by atoms with Crippen LogP contribution in [0.25, 0.3) is 0 Å². The number of rotatable bonds is 3. The van der Waals surface area contributed by atoms with E-state index in [4.69, 9.17) is 4.74 Å². The predicted molar refractivity (Wildman–Crippen MR) is 78.1 cm³/mol. The highest BCUT2D eigenvalue weighted by atomic mass is 16.5. The molecule has 118 valence electrons. The Balaban J connectivity index is 2.00. The average molecular weight is 296 g/mol. The SMILES string of the molecule is COCC1=CCN(C(=O)N2CCC(C)CC2C(=O)O)CC1. The third kappa shape index (κ3) is 3.75. The minimum Gasteiger partial charge on any atom is -0.480 e. The third-order valence-electron chi connectivity index (χ3n) is 4.30. The summed E-state index contributed by atoms with van der Waals surface area (Å²) in [5.74, 6) is -0.549. The Morgan fingerprint density at radius 2 is 2.19 bits per heavy atom. The van der Waals surface area contributed by atoms with Crippen molar-refractivity contribution in [1.82, 2.24) is 9.80 Å². The fraction of sp³-hybridized carbons (Fsp3) is 0.733. The summed E-state index contributed by atoms with van der Waals surface area (Å²) in [7, 11) is 1.66. The molecule has 2 unspecified atom stereocenters. The van der Waals surface area contributed by atoms with Crippen molar-refractivity contribution in [2.24, 2.45) is 5.92 Å². The molecule has 2 atom stereocenters. The zero-order chi connectivity index (χ0) is 15.4. The van der Waals surface area contributed by atoms with Gasteiger partial charge < -0.3 is 19.6 Å². The molecule has 0 aromatic carbocycles. The van der Waals surface area contributed by atoms with Gasteiger partial charge in [0, 0.05) is 26.7 Å². The van der Waals surface area contributed by atoms with Crippen LogP contribution in [0.15, 0.2) is 11.6 Å². The summed E-state index contributed by atoms with van der Waals surface area (Å²) in [6.45, 7) is 4.34. The van der Waals surface area contributed by atoms with Crippen molar-refractivity contribution in [2.75, 3.05) is 33.4 Å². The molecule has 2 amide bonds. The number of likely N-dealkylation sites (tertiary alicyclic amines) is 1. The summed E-state index contributed by atoms with van der Waals surface area (Å²) in [5.41, 5.74) is 1.20. The molecule has 2 heterocycles. The molecule has 6 nitrogen and oxygen atoms in total. The van der Waals surface area contributed by atoms with Crippen LogP contribution in [0.3, 0.4) is 0 Å². The minimum atomic E-state index is -0.900. The molecule has 0 aliphatic carbocycles. The van der Waals surface area contributed by atoms with E-state index in [0.29, 0.717) is 38.6 Å². The first kappa shape index (κ1) is 15.8. The number of nitrogens with zero attached hydrogens (tertiary/aromatic N) is 2. The topological polar surface area (TPSA) is 70.1 Å². The van der Waals surface area contributed by atoms with E-state index in [1.54, 1.807) is 12.0 Å². The Kier molecular flexibility index (Phi) is 5.22. The van der Waals surface area contributed by atoms with Crippen molar-refractivity contribution < 1.29 is 19.4 Å². The number of ether oxygens (including phenoxy) is 1. The molecule has 2 rings (SSSR count). The van der Waals surface area contributed by atoms with Crippen molar-refractivity contribution in [3.63, 3.8) is 0 Å². The fourth-order valence-electron chi connectivity index (χ4n) is 2.99. The van der Waals surface area contributed by atoms with E-state index in [-0.39, 0.29) is 6.03 Å². The maximum atomic E-state index is 12.6. The number of hydrogen-bond donors (Lipinski definition) is 1. The van der Waals surface area contributed by atoms with Crippen LogP contribution in [0.2, 0.25) is 0 Å². The molecule has 21 heavy (non-hydrogen) atoms. The Morgan fingerprint density at radius 3 is 2.76 bits per heavy atom. The molecule has 0 bridgehead atoms. The molecular weight excluding hydrogens is 272 g/mol. The molecule has 0 radical (unpaired) electrons. The highest BCUT2D eigenvalue weighted by Crippen LogP contribution is 2.24. The van der Waals surface area contributed by atoms with E-state index >= 15 is 0 Å². The van der Waals surface area contributed by atoms with Gasteiger partial charge in [-0.1, -0.05) is 13.0 Å². The van der Waals surface area contributed by atoms with Crippen molar-refractivity contribution in [1.29, 1.82) is 0 Å². The molecule has 0 saturated carbocycles. The second-order valence-electron chi connectivity index (χ2n) is 5.95. The van der Waals surface area contributed by atoms with Gasteiger partial charge in [-0.2, -0.15) is 0 Å². The van der Waals surface area contributed by atoms with Gasteiger partial charge in [-0.3, -0.25) is 0 Å². The Labute approximate surface area is 125 Å². The van der Waals surface area contributed by atoms with Gasteiger partial charge in [0.2, 0.25) is 0 Å². The Hall–Kier alpha value is -1.56. The molecule has 0 aromatic rings. The maximum absolute atomic E-state index is 12.6. The summed E-state index contributed by atoms with van der Waals surface area (Å²) in [5, 5.41) is 9.34. The van der Waals surface area contributed by atoms with Crippen LogP contribution in [0.4, 0.5) is 4.79 Å². The first-order valence-electron chi connectivity index (χ1n) is 7.48. The van der Waals surface area contributed by atoms with Crippen LogP contribution in [0, 0.1) is 5.92 Å². The van der Waals surface area contributed by atoms with E-state index in [1.165, 1.54) is 10.5 Å². The van der Waals surface area contributed by atoms with Crippen LogP contribution in [-0.4, -0.2) is 66.3 Å². The van der Waals surface area contributed by atoms with Crippen molar-refractivity contribution >= 4 is 12.0 Å². The van der Waals surface area contributed by atoms with Crippen molar-refractivity contribution in [3.05, 3.63) is 11.6 Å². The number of methoxy groups -OCH3 is 1. The highest BCUT2D eigenvalue weighted by Gasteiger charge is 2.36. The zero-order valence-electron chi connectivity index (χ0n) is 12.7. The van der Waals surface area contributed by atoms with E-state index < -0.39 is 12.0 Å². The van der Waals surface area contributed by atoms with Crippen LogP contribution >= 0.6 is 0 Å². The summed E-state index contributed by atoms with van der Waals surface area (Å²) in [4.78, 5) is 27.2. The average Bonchev–Trinajstić information content (AvgIpc) is 2.47. The van der Waals surface area contributed by atoms with E-state index in [1.807, 2.05) is 13.0 Å². The molecule has 2 aliphatic rings. The number of carboxylic acids is 1. The fourth-order valence-corrected chi connectivity index (χ4v) is 2.99. The second kappa shape index (κ2) is 6.93. The lowest BCUT2D eigenvalue weighted by atomic mass is 9.92. The van der Waals surface area contributed by atoms with Gasteiger partial charge in [0.1, 0.15) is 6.04 Å². The lowest BCUT2D eigenvalue weighted by molar-refractivity contribution is -0.144. The number of amides is 2. The largest absolute Gasteiger partial charge is 0.480 e. The van der Waals surface area contributed by atoms with Gasteiger partial charge in [0.25, 0.3) is 0 Å². The van der Waals surface area contributed by atoms with Crippen LogP contribution in [0.1, 0.15) is 26.2 Å². The van der Waals surface area contributed by atoms with E-state index in [9.17, 15) is 14.7 Å². The van der Waals surface area contributed by atoms with Crippen LogP contribution < -0.4 is 0 Å². The number of carbonyl (C=O) groups excluding carboxylic acids is 1. The van der Waals surface area contributed by atoms with Crippen molar-refractivity contribution in [3.8, 4) is 0 Å². The van der Waals surface area contributed by atoms with Gasteiger partial charge in [-0.05, 0) is 30.8 Å². The van der Waals surface area contributed by atoms with Gasteiger partial charge in [0.05, 0.1) is 6.61 Å². The highest BCUT2D eigenvalue weighted by molar-refractivity contribution is 5.83. The molecule has 2 aliphatic heterocycles. The van der Waals surface area contributed by atoms with Gasteiger partial charge in [-0.25, -0.2) is 9.59 Å². The number of carbonyl (C=O) groups is 2. The zero-order valence-corrected chi connectivity index (χ0v) is 12.7. The smallest absolute Gasteiger partial charge is 0.326 e. The summed E-state index contributed by atoms with van der Waals surface area (Å²) < 4.78 is 5.09. The molecule has 1 N–H and O–H groups in total. The summed E-state index contributed by atoms with van der Waals surface area (Å²) in [6.07, 6.45) is 4.21. The van der Waals surface area contributed by atoms with E-state index in [2.05, 4.69) is 0 Å². The second-order valence-corrected chi connectivity index (χ2v) is 5.95. The molecule has 1 fully saturated rings. The number of urea groups is 1. The number of carboxylic acid groups (broad SMARTS) is 1. The monoisotopic (exact) mass is 296 g/mol. The van der Waals surface area contributed by atoms with Crippen molar-refractivity contribution in [2.45, 2.75) is 32.2 Å². The first-order valence-corrected chi connectivity index (χ1v) is 7.48. The van der Waals surface area contributed by atoms with Gasteiger partial charge >= 0.3 is 12.0 Å². The molecule has 0 aromatic heterocycles. The quantitative estimate of drug-likeness (QED) is 0.803. The number of hydrogen-bond acceptors (Lipinski definition) is 3. The van der Waals surface area contributed by atoms with Gasteiger partial charge in [-0.15, -0.1) is 0 Å². The number of aliphatic carboxylic acids is 1. The van der Waals surface area contributed by atoms with Gasteiger partial charge in [0.15, 0.2) is 0 Å². The normalized spacial score (nSPS) is 26.5. The standard InChI is InChI=1S/C15H24N2O4/c1-11-3-8-17(13(9-11)14(18)19)15(20)16-6-4-12(5-7-16)10-21-2/h4,11,13H,3,5-10H2,1-2H3,(H,18,19). The van der Waals surface area contributed by atoms with E-state index in [0.717, 1.165) is 12.8 Å².